The first-order valence-electron chi connectivity index (χ1n) is 6.64. The van der Waals surface area contributed by atoms with Crippen molar-refractivity contribution in [2.24, 2.45) is 0 Å². The summed E-state index contributed by atoms with van der Waals surface area (Å²) >= 11 is 0. The van der Waals surface area contributed by atoms with E-state index in [1.54, 1.807) is 0 Å². The van der Waals surface area contributed by atoms with E-state index >= 15 is 0 Å². The minimum absolute atomic E-state index is 0.185. The van der Waals surface area contributed by atoms with Gasteiger partial charge in [-0.05, 0) is 32.0 Å². The number of ether oxygens (including phenoxy) is 2. The summed E-state index contributed by atoms with van der Waals surface area (Å²) in [7, 11) is 1.51. The van der Waals surface area contributed by atoms with E-state index in [9.17, 15) is 4.39 Å². The first kappa shape index (κ1) is 15.0. The summed E-state index contributed by atoms with van der Waals surface area (Å²) in [6.45, 7) is 4.83. The van der Waals surface area contributed by atoms with Crippen LogP contribution in [-0.4, -0.2) is 35.2 Å². The zero-order valence-electron chi connectivity index (χ0n) is 12.2. The van der Waals surface area contributed by atoms with Gasteiger partial charge in [0, 0.05) is 6.54 Å². The lowest BCUT2D eigenvalue weighted by Gasteiger charge is -2.10. The largest absolute Gasteiger partial charge is 0.496 e. The number of halogens is 1. The Hall–Kier alpha value is -2.44. The quantitative estimate of drug-likeness (QED) is 0.882. The van der Waals surface area contributed by atoms with Crippen molar-refractivity contribution in [3.05, 3.63) is 24.0 Å². The fourth-order valence-electron chi connectivity index (χ4n) is 1.76. The Balaban J connectivity index is 2.53. The fourth-order valence-corrected chi connectivity index (χ4v) is 1.76. The molecule has 7 heteroatoms. The second-order valence-corrected chi connectivity index (χ2v) is 4.07. The molecule has 0 atom stereocenters. The van der Waals surface area contributed by atoms with E-state index in [0.29, 0.717) is 36.2 Å². The highest BCUT2D eigenvalue weighted by atomic mass is 19.1. The van der Waals surface area contributed by atoms with Crippen molar-refractivity contribution in [2.45, 2.75) is 13.8 Å². The number of nitrogens with one attached hydrogen (secondary N) is 1. The van der Waals surface area contributed by atoms with Crippen LogP contribution in [-0.2, 0) is 0 Å². The molecule has 0 aliphatic rings. The molecule has 2 aromatic rings. The number of benzene rings is 1. The molecule has 1 aromatic carbocycles. The minimum Gasteiger partial charge on any atom is -0.496 e. The summed E-state index contributed by atoms with van der Waals surface area (Å²) in [5, 5.41) is 2.99. The van der Waals surface area contributed by atoms with Crippen LogP contribution in [0.15, 0.2) is 18.2 Å². The fraction of sp³-hybridized carbons (Fsp3) is 0.357. The Morgan fingerprint density at radius 3 is 2.67 bits per heavy atom. The molecule has 0 saturated carbocycles. The molecule has 1 aromatic heterocycles. The monoisotopic (exact) mass is 292 g/mol. The lowest BCUT2D eigenvalue weighted by atomic mass is 10.2. The van der Waals surface area contributed by atoms with E-state index in [1.807, 2.05) is 13.8 Å². The van der Waals surface area contributed by atoms with Crippen LogP contribution in [0.5, 0.6) is 11.8 Å². The maximum atomic E-state index is 13.5. The zero-order chi connectivity index (χ0) is 15.2. The van der Waals surface area contributed by atoms with Gasteiger partial charge in [0.1, 0.15) is 11.6 Å². The van der Waals surface area contributed by atoms with Gasteiger partial charge in [-0.2, -0.15) is 15.0 Å². The van der Waals surface area contributed by atoms with Crippen LogP contribution >= 0.6 is 0 Å². The third-order valence-corrected chi connectivity index (χ3v) is 2.63. The summed E-state index contributed by atoms with van der Waals surface area (Å²) in [6.07, 6.45) is 0. The number of anilines is 1. The van der Waals surface area contributed by atoms with E-state index in [2.05, 4.69) is 20.3 Å². The second kappa shape index (κ2) is 6.83. The molecular formula is C14H17FN4O2. The highest BCUT2D eigenvalue weighted by Gasteiger charge is 2.14. The smallest absolute Gasteiger partial charge is 0.321 e. The summed E-state index contributed by atoms with van der Waals surface area (Å²) < 4.78 is 24.0. The SMILES string of the molecule is CCNc1nc(OCC)nc(-c2cc(F)ccc2OC)n1. The topological polar surface area (TPSA) is 69.2 Å². The van der Waals surface area contributed by atoms with E-state index < -0.39 is 5.82 Å². The van der Waals surface area contributed by atoms with Gasteiger partial charge in [0.15, 0.2) is 5.82 Å². The lowest BCUT2D eigenvalue weighted by Crippen LogP contribution is -2.08. The van der Waals surface area contributed by atoms with Crippen molar-refractivity contribution in [2.75, 3.05) is 25.6 Å². The van der Waals surface area contributed by atoms with Crippen molar-refractivity contribution >= 4 is 5.95 Å². The molecule has 0 saturated heterocycles. The van der Waals surface area contributed by atoms with E-state index in [4.69, 9.17) is 9.47 Å². The summed E-state index contributed by atoms with van der Waals surface area (Å²) in [6, 6.07) is 4.35. The Morgan fingerprint density at radius 1 is 1.19 bits per heavy atom. The Kier molecular flexibility index (Phi) is 4.86. The van der Waals surface area contributed by atoms with Gasteiger partial charge in [-0.15, -0.1) is 0 Å². The Bertz CT molecular complexity index is 598. The highest BCUT2D eigenvalue weighted by molar-refractivity contribution is 5.65. The molecule has 21 heavy (non-hydrogen) atoms. The third-order valence-electron chi connectivity index (χ3n) is 2.63. The molecule has 0 unspecified atom stereocenters. The van der Waals surface area contributed by atoms with Gasteiger partial charge in [0.2, 0.25) is 5.95 Å². The molecule has 6 nitrogen and oxygen atoms in total. The summed E-state index contributed by atoms with van der Waals surface area (Å²) in [4.78, 5) is 12.6. The van der Waals surface area contributed by atoms with Gasteiger partial charge >= 0.3 is 6.01 Å². The molecule has 1 heterocycles. The number of nitrogens with zero attached hydrogens (tertiary/aromatic N) is 3. The van der Waals surface area contributed by atoms with Gasteiger partial charge in [0.05, 0.1) is 19.3 Å². The van der Waals surface area contributed by atoms with E-state index in [-0.39, 0.29) is 6.01 Å². The maximum Gasteiger partial charge on any atom is 0.321 e. The maximum absolute atomic E-state index is 13.5. The van der Waals surface area contributed by atoms with Crippen LogP contribution in [0.25, 0.3) is 11.4 Å². The average Bonchev–Trinajstić information content (AvgIpc) is 2.47. The first-order valence-corrected chi connectivity index (χ1v) is 6.64. The van der Waals surface area contributed by atoms with Crippen molar-refractivity contribution < 1.29 is 13.9 Å². The molecule has 0 fully saturated rings. The predicted octanol–water partition coefficient (Wildman–Crippen LogP) is 2.52. The normalized spacial score (nSPS) is 10.3. The Morgan fingerprint density at radius 2 is 2.00 bits per heavy atom. The van der Waals surface area contributed by atoms with Crippen LogP contribution < -0.4 is 14.8 Å². The second-order valence-electron chi connectivity index (χ2n) is 4.07. The average molecular weight is 292 g/mol. The predicted molar refractivity (Wildman–Crippen MR) is 77.1 cm³/mol. The lowest BCUT2D eigenvalue weighted by molar-refractivity contribution is 0.312. The number of hydrogen-bond acceptors (Lipinski definition) is 6. The molecule has 2 rings (SSSR count). The molecule has 0 radical (unpaired) electrons. The van der Waals surface area contributed by atoms with E-state index in [1.165, 1.54) is 25.3 Å². The van der Waals surface area contributed by atoms with Gasteiger partial charge < -0.3 is 14.8 Å². The van der Waals surface area contributed by atoms with Crippen molar-refractivity contribution in [1.82, 2.24) is 15.0 Å². The molecule has 0 aliphatic carbocycles. The van der Waals surface area contributed by atoms with Gasteiger partial charge in [-0.1, -0.05) is 0 Å². The summed E-state index contributed by atoms with van der Waals surface area (Å²) in [5.41, 5.74) is 0.444. The third kappa shape index (κ3) is 3.56. The molecular weight excluding hydrogens is 275 g/mol. The van der Waals surface area contributed by atoms with Crippen molar-refractivity contribution in [1.29, 1.82) is 0 Å². The summed E-state index contributed by atoms with van der Waals surface area (Å²) in [5.74, 6) is 0.750. The number of hydrogen-bond donors (Lipinski definition) is 1. The Labute approximate surface area is 122 Å². The van der Waals surface area contributed by atoms with Crippen molar-refractivity contribution in [3.63, 3.8) is 0 Å². The molecule has 1 N–H and O–H groups in total. The van der Waals surface area contributed by atoms with Gasteiger partial charge in [-0.25, -0.2) is 4.39 Å². The van der Waals surface area contributed by atoms with Crippen molar-refractivity contribution in [3.8, 4) is 23.1 Å². The molecule has 0 spiro atoms. The van der Waals surface area contributed by atoms with Gasteiger partial charge in [0.25, 0.3) is 0 Å². The zero-order valence-corrected chi connectivity index (χ0v) is 12.2. The van der Waals surface area contributed by atoms with Crippen LogP contribution in [0.4, 0.5) is 10.3 Å². The molecule has 0 amide bonds. The number of rotatable bonds is 6. The first-order chi connectivity index (χ1) is 10.2. The van der Waals surface area contributed by atoms with Crippen LogP contribution in [0.2, 0.25) is 0 Å². The molecule has 0 aliphatic heterocycles. The molecule has 0 bridgehead atoms. The highest BCUT2D eigenvalue weighted by Crippen LogP contribution is 2.29. The number of methoxy groups -OCH3 is 1. The van der Waals surface area contributed by atoms with Crippen LogP contribution in [0.1, 0.15) is 13.8 Å². The standard InChI is InChI=1S/C14H17FN4O2/c1-4-16-13-17-12(18-14(19-13)21-5-2)10-8-9(15)6-7-11(10)20-3/h6-8H,4-5H2,1-3H3,(H,16,17,18,19). The van der Waals surface area contributed by atoms with E-state index in [0.717, 1.165) is 0 Å². The molecule has 112 valence electrons. The van der Waals surface area contributed by atoms with Crippen LogP contribution in [0, 0.1) is 5.82 Å². The van der Waals surface area contributed by atoms with Gasteiger partial charge in [-0.3, -0.25) is 0 Å². The number of aromatic nitrogens is 3. The van der Waals surface area contributed by atoms with Crippen LogP contribution in [0.3, 0.4) is 0 Å². The minimum atomic E-state index is -0.394.